The summed E-state index contributed by atoms with van der Waals surface area (Å²) in [6, 6.07) is 15.1. The highest BCUT2D eigenvalue weighted by molar-refractivity contribution is 6.31. The molecule has 23 heavy (non-hydrogen) atoms. The molecule has 1 heterocycles. The van der Waals surface area contributed by atoms with Crippen LogP contribution in [0, 0.1) is 0 Å². The third-order valence-corrected chi connectivity index (χ3v) is 4.38. The minimum Gasteiger partial charge on any atom is -0.387 e. The van der Waals surface area contributed by atoms with E-state index in [-0.39, 0.29) is 5.91 Å². The van der Waals surface area contributed by atoms with E-state index in [1.807, 2.05) is 42.5 Å². The molecule has 0 saturated heterocycles. The van der Waals surface area contributed by atoms with Crippen molar-refractivity contribution < 1.29 is 9.90 Å². The number of rotatable bonds is 6. The van der Waals surface area contributed by atoms with Gasteiger partial charge in [-0.25, -0.2) is 0 Å². The number of nitrogens with one attached hydrogen (secondary N) is 1. The summed E-state index contributed by atoms with van der Waals surface area (Å²) in [5, 5.41) is 13.9. The lowest BCUT2D eigenvalue weighted by Gasteiger charge is -2.19. The molecule has 120 valence electrons. The molecule has 0 saturated carbocycles. The number of halogens is 1. The Labute approximate surface area is 140 Å². The van der Waals surface area contributed by atoms with E-state index in [4.69, 9.17) is 11.6 Å². The molecule has 0 fully saturated rings. The molecule has 0 unspecified atom stereocenters. The van der Waals surface area contributed by atoms with Crippen LogP contribution in [0.3, 0.4) is 0 Å². The Morgan fingerprint density at radius 1 is 1.17 bits per heavy atom. The molecule has 5 heteroatoms. The van der Waals surface area contributed by atoms with Crippen LogP contribution in [0.1, 0.15) is 17.2 Å². The lowest BCUT2D eigenvalue weighted by Crippen LogP contribution is -2.35. The molecule has 2 aromatic rings. The summed E-state index contributed by atoms with van der Waals surface area (Å²) in [5.74, 6) is 0.125. The van der Waals surface area contributed by atoms with E-state index in [0.717, 1.165) is 11.3 Å². The Morgan fingerprint density at radius 3 is 2.74 bits per heavy atom. The lowest BCUT2D eigenvalue weighted by atomic mass is 10.1. The van der Waals surface area contributed by atoms with E-state index >= 15 is 0 Å². The number of anilines is 1. The second kappa shape index (κ2) is 7.13. The van der Waals surface area contributed by atoms with Crippen LogP contribution in [0.4, 0.5) is 5.69 Å². The zero-order valence-corrected chi connectivity index (χ0v) is 13.5. The van der Waals surface area contributed by atoms with Crippen molar-refractivity contribution >= 4 is 23.2 Å². The monoisotopic (exact) mass is 330 g/mol. The smallest absolute Gasteiger partial charge is 0.231 e. The van der Waals surface area contributed by atoms with E-state index < -0.39 is 6.10 Å². The highest BCUT2D eigenvalue weighted by atomic mass is 35.5. The Kier molecular flexibility index (Phi) is 4.96. The van der Waals surface area contributed by atoms with Gasteiger partial charge in [-0.15, -0.1) is 0 Å². The van der Waals surface area contributed by atoms with Gasteiger partial charge in [0, 0.05) is 35.9 Å². The summed E-state index contributed by atoms with van der Waals surface area (Å²) in [6.07, 6.45) is -0.191. The van der Waals surface area contributed by atoms with Crippen molar-refractivity contribution in [3.63, 3.8) is 0 Å². The molecule has 0 spiro atoms. The SMILES string of the molecule is O=C1Cc2ccccc2N1CCNC[C@H](O)c1ccccc1Cl. The van der Waals surface area contributed by atoms with Crippen LogP contribution in [0.15, 0.2) is 48.5 Å². The van der Waals surface area contributed by atoms with Crippen LogP contribution in [0.25, 0.3) is 0 Å². The molecule has 1 amide bonds. The molecule has 1 aliphatic heterocycles. The predicted molar refractivity (Wildman–Crippen MR) is 91.8 cm³/mol. The zero-order valence-electron chi connectivity index (χ0n) is 12.7. The van der Waals surface area contributed by atoms with E-state index in [0.29, 0.717) is 36.6 Å². The van der Waals surface area contributed by atoms with Gasteiger partial charge >= 0.3 is 0 Å². The van der Waals surface area contributed by atoms with Crippen molar-refractivity contribution in [3.05, 3.63) is 64.7 Å². The van der Waals surface area contributed by atoms with Gasteiger partial charge in [-0.2, -0.15) is 0 Å². The van der Waals surface area contributed by atoms with Gasteiger partial charge in [-0.05, 0) is 17.7 Å². The number of hydrogen-bond donors (Lipinski definition) is 2. The Hall–Kier alpha value is -1.88. The van der Waals surface area contributed by atoms with Crippen LogP contribution < -0.4 is 10.2 Å². The molecule has 3 rings (SSSR count). The number of para-hydroxylation sites is 1. The maximum Gasteiger partial charge on any atom is 0.231 e. The minimum atomic E-state index is -0.662. The van der Waals surface area contributed by atoms with Gasteiger partial charge in [0.2, 0.25) is 5.91 Å². The second-order valence-corrected chi connectivity index (χ2v) is 6.00. The molecule has 2 aromatic carbocycles. The molecule has 1 atom stereocenters. The van der Waals surface area contributed by atoms with Gasteiger partial charge in [0.1, 0.15) is 0 Å². The van der Waals surface area contributed by atoms with Gasteiger partial charge in [-0.1, -0.05) is 48.0 Å². The zero-order chi connectivity index (χ0) is 16.2. The maximum absolute atomic E-state index is 12.1. The maximum atomic E-state index is 12.1. The molecule has 4 nitrogen and oxygen atoms in total. The summed E-state index contributed by atoms with van der Waals surface area (Å²) in [5.41, 5.74) is 2.78. The lowest BCUT2D eigenvalue weighted by molar-refractivity contribution is -0.117. The van der Waals surface area contributed by atoms with Crippen molar-refractivity contribution in [2.75, 3.05) is 24.5 Å². The molecule has 0 aromatic heterocycles. The van der Waals surface area contributed by atoms with Crippen LogP contribution in [0.5, 0.6) is 0 Å². The number of fused-ring (bicyclic) bond motifs is 1. The average molecular weight is 331 g/mol. The second-order valence-electron chi connectivity index (χ2n) is 5.59. The van der Waals surface area contributed by atoms with Gasteiger partial charge in [-0.3, -0.25) is 4.79 Å². The molecule has 0 aliphatic carbocycles. The molecule has 2 N–H and O–H groups in total. The van der Waals surface area contributed by atoms with Gasteiger partial charge in [0.15, 0.2) is 0 Å². The van der Waals surface area contributed by atoms with E-state index in [1.54, 1.807) is 11.0 Å². The fourth-order valence-electron chi connectivity index (χ4n) is 2.85. The molecular formula is C18H19ClN2O2. The first kappa shape index (κ1) is 16.0. The van der Waals surface area contributed by atoms with Crippen molar-refractivity contribution in [1.29, 1.82) is 0 Å². The number of benzene rings is 2. The predicted octanol–water partition coefficient (Wildman–Crippen LogP) is 2.55. The highest BCUT2D eigenvalue weighted by Crippen LogP contribution is 2.27. The standard InChI is InChI=1S/C18H19ClN2O2/c19-15-7-3-2-6-14(15)17(22)12-20-9-10-21-16-8-4-1-5-13(16)11-18(21)23/h1-8,17,20,22H,9-12H2/t17-/m0/s1. The van der Waals surface area contributed by atoms with Crippen molar-refractivity contribution in [3.8, 4) is 0 Å². The van der Waals surface area contributed by atoms with Crippen LogP contribution in [-0.2, 0) is 11.2 Å². The fourth-order valence-corrected chi connectivity index (χ4v) is 3.11. The summed E-state index contributed by atoms with van der Waals surface area (Å²) in [4.78, 5) is 13.9. The number of aliphatic hydroxyl groups is 1. The first-order chi connectivity index (χ1) is 11.2. The quantitative estimate of drug-likeness (QED) is 0.800. The van der Waals surface area contributed by atoms with Gasteiger partial charge in [0.25, 0.3) is 0 Å². The van der Waals surface area contributed by atoms with Crippen molar-refractivity contribution in [2.45, 2.75) is 12.5 Å². The summed E-state index contributed by atoms with van der Waals surface area (Å²) in [6.45, 7) is 1.60. The van der Waals surface area contributed by atoms with Gasteiger partial charge in [0.05, 0.1) is 12.5 Å². The number of amides is 1. The number of nitrogens with zero attached hydrogens (tertiary/aromatic N) is 1. The number of carbonyl (C=O) groups excluding carboxylic acids is 1. The topological polar surface area (TPSA) is 52.6 Å². The minimum absolute atomic E-state index is 0.125. The molecule has 0 radical (unpaired) electrons. The average Bonchev–Trinajstić information content (AvgIpc) is 2.87. The van der Waals surface area contributed by atoms with Crippen LogP contribution in [0.2, 0.25) is 5.02 Å². The first-order valence-corrected chi connectivity index (χ1v) is 8.06. The third-order valence-electron chi connectivity index (χ3n) is 4.04. The van der Waals surface area contributed by atoms with Gasteiger partial charge < -0.3 is 15.3 Å². The Balaban J connectivity index is 1.51. The highest BCUT2D eigenvalue weighted by Gasteiger charge is 2.25. The molecule has 1 aliphatic rings. The van der Waals surface area contributed by atoms with Crippen LogP contribution in [-0.4, -0.2) is 30.6 Å². The van der Waals surface area contributed by atoms with E-state index in [9.17, 15) is 9.90 Å². The molecular weight excluding hydrogens is 312 g/mol. The Bertz CT molecular complexity index is 705. The fraction of sp³-hybridized carbons (Fsp3) is 0.278. The summed E-state index contributed by atoms with van der Waals surface area (Å²) in [7, 11) is 0. The normalized spacial score (nSPS) is 14.9. The van der Waals surface area contributed by atoms with E-state index in [2.05, 4.69) is 5.32 Å². The molecule has 0 bridgehead atoms. The largest absolute Gasteiger partial charge is 0.387 e. The van der Waals surface area contributed by atoms with Crippen molar-refractivity contribution in [1.82, 2.24) is 5.32 Å². The first-order valence-electron chi connectivity index (χ1n) is 7.68. The van der Waals surface area contributed by atoms with E-state index in [1.165, 1.54) is 0 Å². The van der Waals surface area contributed by atoms with Crippen LogP contribution >= 0.6 is 11.6 Å². The Morgan fingerprint density at radius 2 is 1.91 bits per heavy atom. The number of aliphatic hydroxyl groups excluding tert-OH is 1. The van der Waals surface area contributed by atoms with Crippen molar-refractivity contribution in [2.24, 2.45) is 0 Å². The summed E-state index contributed by atoms with van der Waals surface area (Å²) >= 11 is 6.07. The third kappa shape index (κ3) is 3.55. The number of hydrogen-bond acceptors (Lipinski definition) is 3. The number of carbonyl (C=O) groups is 1. The summed E-state index contributed by atoms with van der Waals surface area (Å²) < 4.78 is 0.